The van der Waals surface area contributed by atoms with Crippen LogP contribution in [0.1, 0.15) is 12.8 Å². The Morgan fingerprint density at radius 1 is 1.46 bits per heavy atom. The standard InChI is InChI=1S/C9H18N4/c1-8(2-4-10)11-5-3-9-12-6-7-13-9/h6-7,9,11-13H,1-5,10H2. The average Bonchev–Trinajstić information content (AvgIpc) is 2.57. The van der Waals surface area contributed by atoms with Crippen LogP contribution in [0.2, 0.25) is 0 Å². The summed E-state index contributed by atoms with van der Waals surface area (Å²) in [5, 5.41) is 9.58. The van der Waals surface area contributed by atoms with Crippen LogP contribution >= 0.6 is 0 Å². The lowest BCUT2D eigenvalue weighted by Gasteiger charge is -2.14. The summed E-state index contributed by atoms with van der Waals surface area (Å²) in [6.07, 6.45) is 6.07. The molecule has 4 nitrogen and oxygen atoms in total. The van der Waals surface area contributed by atoms with Crippen molar-refractivity contribution in [2.24, 2.45) is 5.73 Å². The van der Waals surface area contributed by atoms with E-state index in [-0.39, 0.29) is 0 Å². The van der Waals surface area contributed by atoms with Gasteiger partial charge in [0.15, 0.2) is 0 Å². The molecule has 74 valence electrons. The molecule has 4 heteroatoms. The fraction of sp³-hybridized carbons (Fsp3) is 0.556. The summed E-state index contributed by atoms with van der Waals surface area (Å²) in [5.41, 5.74) is 6.41. The summed E-state index contributed by atoms with van der Waals surface area (Å²) in [5.74, 6) is 0. The molecule has 0 radical (unpaired) electrons. The zero-order valence-corrected chi connectivity index (χ0v) is 7.84. The highest BCUT2D eigenvalue weighted by Gasteiger charge is 2.06. The molecule has 0 atom stereocenters. The summed E-state index contributed by atoms with van der Waals surface area (Å²) < 4.78 is 0. The van der Waals surface area contributed by atoms with E-state index in [1.54, 1.807) is 0 Å². The van der Waals surface area contributed by atoms with Crippen molar-refractivity contribution in [3.8, 4) is 0 Å². The van der Waals surface area contributed by atoms with E-state index in [0.29, 0.717) is 12.7 Å². The maximum Gasteiger partial charge on any atom is 0.0972 e. The predicted octanol–water partition coefficient (Wildman–Crippen LogP) is -0.181. The van der Waals surface area contributed by atoms with Gasteiger partial charge >= 0.3 is 0 Å². The molecular formula is C9H18N4. The number of nitrogens with two attached hydrogens (primary N) is 1. The van der Waals surface area contributed by atoms with Crippen molar-refractivity contribution >= 4 is 0 Å². The fourth-order valence-electron chi connectivity index (χ4n) is 1.20. The van der Waals surface area contributed by atoms with E-state index < -0.39 is 0 Å². The second-order valence-corrected chi connectivity index (χ2v) is 3.08. The van der Waals surface area contributed by atoms with Crippen LogP contribution in [-0.2, 0) is 0 Å². The number of nitrogens with one attached hydrogen (secondary N) is 3. The molecule has 5 N–H and O–H groups in total. The summed E-state index contributed by atoms with van der Waals surface area (Å²) in [6, 6.07) is 0. The molecule has 0 aliphatic carbocycles. The van der Waals surface area contributed by atoms with Gasteiger partial charge in [-0.2, -0.15) is 0 Å². The van der Waals surface area contributed by atoms with E-state index in [4.69, 9.17) is 5.73 Å². The Kier molecular flexibility index (Phi) is 4.18. The van der Waals surface area contributed by atoms with Crippen LogP contribution in [0, 0.1) is 0 Å². The Morgan fingerprint density at radius 2 is 2.15 bits per heavy atom. The Hall–Kier alpha value is -1.16. The van der Waals surface area contributed by atoms with Crippen LogP contribution in [0.5, 0.6) is 0 Å². The lowest BCUT2D eigenvalue weighted by atomic mass is 10.3. The monoisotopic (exact) mass is 182 g/mol. The van der Waals surface area contributed by atoms with Crippen molar-refractivity contribution in [1.29, 1.82) is 0 Å². The summed E-state index contributed by atoms with van der Waals surface area (Å²) in [7, 11) is 0. The van der Waals surface area contributed by atoms with Gasteiger partial charge in [0.05, 0.1) is 6.17 Å². The van der Waals surface area contributed by atoms with Gasteiger partial charge in [-0.25, -0.2) is 0 Å². The van der Waals surface area contributed by atoms with Gasteiger partial charge in [-0.15, -0.1) is 0 Å². The maximum atomic E-state index is 5.39. The van der Waals surface area contributed by atoms with Crippen LogP contribution in [0.15, 0.2) is 24.7 Å². The number of hydrogen-bond donors (Lipinski definition) is 4. The molecule has 0 spiro atoms. The first-order valence-electron chi connectivity index (χ1n) is 4.62. The quantitative estimate of drug-likeness (QED) is 0.460. The van der Waals surface area contributed by atoms with E-state index in [2.05, 4.69) is 22.5 Å². The topological polar surface area (TPSA) is 62.1 Å². The first kappa shape index (κ1) is 9.92. The first-order chi connectivity index (χ1) is 6.33. The minimum atomic E-state index is 0.359. The SMILES string of the molecule is C=C(CCN)NCCC1NC=CN1. The number of hydrogen-bond acceptors (Lipinski definition) is 4. The molecule has 1 heterocycles. The molecule has 0 aromatic rings. The normalized spacial score (nSPS) is 15.2. The second kappa shape index (κ2) is 5.48. The summed E-state index contributed by atoms with van der Waals surface area (Å²) in [4.78, 5) is 0. The number of rotatable bonds is 6. The maximum absolute atomic E-state index is 5.39. The van der Waals surface area contributed by atoms with E-state index in [9.17, 15) is 0 Å². The lowest BCUT2D eigenvalue weighted by molar-refractivity contribution is 0.513. The van der Waals surface area contributed by atoms with Gasteiger partial charge in [-0.3, -0.25) is 0 Å². The third-order valence-electron chi connectivity index (χ3n) is 1.93. The predicted molar refractivity (Wildman–Crippen MR) is 54.6 cm³/mol. The van der Waals surface area contributed by atoms with E-state index in [1.807, 2.05) is 12.4 Å². The molecule has 1 rings (SSSR count). The van der Waals surface area contributed by atoms with Gasteiger partial charge in [-0.1, -0.05) is 6.58 Å². The minimum Gasteiger partial charge on any atom is -0.389 e. The highest BCUT2D eigenvalue weighted by atomic mass is 15.1. The van der Waals surface area contributed by atoms with Crippen molar-refractivity contribution < 1.29 is 0 Å². The van der Waals surface area contributed by atoms with Crippen molar-refractivity contribution in [3.05, 3.63) is 24.7 Å². The first-order valence-corrected chi connectivity index (χ1v) is 4.62. The Bertz CT molecular complexity index is 180. The van der Waals surface area contributed by atoms with Crippen molar-refractivity contribution in [2.75, 3.05) is 13.1 Å². The molecule has 0 saturated carbocycles. The molecule has 1 aliphatic heterocycles. The molecule has 0 bridgehead atoms. The highest BCUT2D eigenvalue weighted by molar-refractivity contribution is 4.94. The molecule has 1 aliphatic rings. The lowest BCUT2D eigenvalue weighted by Crippen LogP contribution is -2.34. The zero-order valence-electron chi connectivity index (χ0n) is 7.84. The zero-order chi connectivity index (χ0) is 9.52. The van der Waals surface area contributed by atoms with Gasteiger partial charge in [0, 0.05) is 31.1 Å². The van der Waals surface area contributed by atoms with Crippen LogP contribution in [0.3, 0.4) is 0 Å². The van der Waals surface area contributed by atoms with Crippen LogP contribution in [0.25, 0.3) is 0 Å². The smallest absolute Gasteiger partial charge is 0.0972 e. The summed E-state index contributed by atoms with van der Waals surface area (Å²) >= 11 is 0. The molecule has 0 amide bonds. The van der Waals surface area contributed by atoms with Gasteiger partial charge in [0.1, 0.15) is 0 Å². The largest absolute Gasteiger partial charge is 0.389 e. The third kappa shape index (κ3) is 3.85. The van der Waals surface area contributed by atoms with Crippen molar-refractivity contribution in [1.82, 2.24) is 16.0 Å². The molecule has 0 aromatic heterocycles. The van der Waals surface area contributed by atoms with E-state index >= 15 is 0 Å². The van der Waals surface area contributed by atoms with Crippen molar-refractivity contribution in [3.63, 3.8) is 0 Å². The average molecular weight is 182 g/mol. The molecule has 13 heavy (non-hydrogen) atoms. The van der Waals surface area contributed by atoms with E-state index in [0.717, 1.165) is 25.1 Å². The van der Waals surface area contributed by atoms with Gasteiger partial charge in [0.25, 0.3) is 0 Å². The van der Waals surface area contributed by atoms with E-state index in [1.165, 1.54) is 0 Å². The minimum absolute atomic E-state index is 0.359. The van der Waals surface area contributed by atoms with Gasteiger partial charge in [-0.05, 0) is 13.0 Å². The fourth-order valence-corrected chi connectivity index (χ4v) is 1.20. The Morgan fingerprint density at radius 3 is 2.77 bits per heavy atom. The molecular weight excluding hydrogens is 164 g/mol. The second-order valence-electron chi connectivity index (χ2n) is 3.08. The summed E-state index contributed by atoms with van der Waals surface area (Å²) in [6.45, 7) is 5.44. The van der Waals surface area contributed by atoms with Crippen LogP contribution < -0.4 is 21.7 Å². The Labute approximate surface area is 79.3 Å². The van der Waals surface area contributed by atoms with Gasteiger partial charge in [0.2, 0.25) is 0 Å². The molecule has 0 fully saturated rings. The van der Waals surface area contributed by atoms with Crippen LogP contribution in [0.4, 0.5) is 0 Å². The molecule has 0 unspecified atom stereocenters. The van der Waals surface area contributed by atoms with Crippen molar-refractivity contribution in [2.45, 2.75) is 19.0 Å². The Balaban J connectivity index is 1.97. The van der Waals surface area contributed by atoms with Crippen LogP contribution in [-0.4, -0.2) is 19.3 Å². The molecule has 0 aromatic carbocycles. The van der Waals surface area contributed by atoms with Gasteiger partial charge < -0.3 is 21.7 Å². The highest BCUT2D eigenvalue weighted by Crippen LogP contribution is 1.94. The molecule has 0 saturated heterocycles. The third-order valence-corrected chi connectivity index (χ3v) is 1.93.